The van der Waals surface area contributed by atoms with Crippen LogP contribution < -0.4 is 0 Å². The first-order valence-electron chi connectivity index (χ1n) is 3.91. The Bertz CT molecular complexity index is 271. The SMILES string of the molecule is COC(=O)C(I)CC(F)(C(F)(F)F)C(F)(F)F. The van der Waals surface area contributed by atoms with Crippen LogP contribution in [0.1, 0.15) is 6.42 Å². The topological polar surface area (TPSA) is 26.3 Å². The Morgan fingerprint density at radius 3 is 1.71 bits per heavy atom. The molecule has 0 bridgehead atoms. The second-order valence-electron chi connectivity index (χ2n) is 2.99. The number of methoxy groups -OCH3 is 1. The highest BCUT2D eigenvalue weighted by Crippen LogP contribution is 2.49. The fourth-order valence-corrected chi connectivity index (χ4v) is 1.71. The molecule has 1 atom stereocenters. The molecule has 2 nitrogen and oxygen atoms in total. The minimum atomic E-state index is -6.15. The van der Waals surface area contributed by atoms with Crippen molar-refractivity contribution in [3.63, 3.8) is 0 Å². The lowest BCUT2D eigenvalue weighted by atomic mass is 9.98. The monoisotopic (exact) mass is 382 g/mol. The number of ether oxygens (including phenoxy) is 1. The maximum Gasteiger partial charge on any atom is 0.431 e. The van der Waals surface area contributed by atoms with E-state index in [9.17, 15) is 35.5 Å². The van der Waals surface area contributed by atoms with Gasteiger partial charge in [0.05, 0.1) is 7.11 Å². The summed E-state index contributed by atoms with van der Waals surface area (Å²) >= 11 is 0.958. The van der Waals surface area contributed by atoms with E-state index in [1.807, 2.05) is 0 Å². The van der Waals surface area contributed by atoms with Crippen LogP contribution in [0.25, 0.3) is 0 Å². The Balaban J connectivity index is 5.19. The highest BCUT2D eigenvalue weighted by atomic mass is 127. The lowest BCUT2D eigenvalue weighted by Crippen LogP contribution is -2.55. The first-order valence-corrected chi connectivity index (χ1v) is 5.15. The third kappa shape index (κ3) is 3.58. The fraction of sp³-hybridized carbons (Fsp3) is 0.857. The van der Waals surface area contributed by atoms with Crippen molar-refractivity contribution in [1.82, 2.24) is 0 Å². The quantitative estimate of drug-likeness (QED) is 0.325. The van der Waals surface area contributed by atoms with Gasteiger partial charge in [-0.25, -0.2) is 4.39 Å². The normalized spacial score (nSPS) is 15.6. The van der Waals surface area contributed by atoms with Crippen LogP contribution in [0, 0.1) is 0 Å². The molecule has 0 aliphatic heterocycles. The van der Waals surface area contributed by atoms with Crippen molar-refractivity contribution in [2.45, 2.75) is 28.4 Å². The Labute approximate surface area is 105 Å². The molecule has 0 aliphatic rings. The molecule has 0 radical (unpaired) electrons. The van der Waals surface area contributed by atoms with Crippen molar-refractivity contribution >= 4 is 28.6 Å². The van der Waals surface area contributed by atoms with E-state index in [2.05, 4.69) is 4.74 Å². The first kappa shape index (κ1) is 16.7. The van der Waals surface area contributed by atoms with Crippen LogP contribution in [0.4, 0.5) is 30.7 Å². The van der Waals surface area contributed by atoms with Gasteiger partial charge in [0, 0.05) is 6.42 Å². The van der Waals surface area contributed by atoms with Gasteiger partial charge in [-0.2, -0.15) is 26.3 Å². The molecule has 0 aromatic carbocycles. The molecule has 102 valence electrons. The van der Waals surface area contributed by atoms with Crippen molar-refractivity contribution in [2.75, 3.05) is 7.11 Å². The molecular formula is C7H6F7IO2. The zero-order valence-electron chi connectivity index (χ0n) is 8.12. The molecule has 0 aliphatic carbocycles. The van der Waals surface area contributed by atoms with Crippen LogP contribution in [0.3, 0.4) is 0 Å². The molecule has 0 heterocycles. The molecule has 1 unspecified atom stereocenters. The van der Waals surface area contributed by atoms with Crippen LogP contribution in [-0.4, -0.2) is 35.0 Å². The van der Waals surface area contributed by atoms with Gasteiger partial charge in [-0.15, -0.1) is 0 Å². The summed E-state index contributed by atoms with van der Waals surface area (Å²) in [4.78, 5) is 10.7. The first-order chi connectivity index (χ1) is 7.37. The number of rotatable bonds is 3. The zero-order chi connectivity index (χ0) is 14.1. The molecular weight excluding hydrogens is 376 g/mol. The van der Waals surface area contributed by atoms with E-state index in [4.69, 9.17) is 0 Å². The Kier molecular flexibility index (Phi) is 5.06. The summed E-state index contributed by atoms with van der Waals surface area (Å²) in [6.45, 7) is 0. The second-order valence-corrected chi connectivity index (χ2v) is 4.50. The summed E-state index contributed by atoms with van der Waals surface area (Å²) in [5, 5.41) is 0. The fourth-order valence-electron chi connectivity index (χ4n) is 0.850. The van der Waals surface area contributed by atoms with Crippen molar-refractivity contribution in [3.8, 4) is 0 Å². The number of esters is 1. The number of hydrogen-bond acceptors (Lipinski definition) is 2. The van der Waals surface area contributed by atoms with Gasteiger partial charge in [0.15, 0.2) is 0 Å². The molecule has 0 aromatic heterocycles. The van der Waals surface area contributed by atoms with E-state index in [0.29, 0.717) is 0 Å². The average molecular weight is 382 g/mol. The standard InChI is InChI=1S/C7H6F7IO2/c1-17-4(16)3(15)2-5(8,6(9,10)11)7(12,13)14/h3H,2H2,1H3. The molecule has 0 N–H and O–H groups in total. The third-order valence-corrected chi connectivity index (χ3v) is 2.77. The maximum absolute atomic E-state index is 13.1. The highest BCUT2D eigenvalue weighted by molar-refractivity contribution is 14.1. The molecule has 0 saturated heterocycles. The summed E-state index contributed by atoms with van der Waals surface area (Å²) in [5.74, 6) is -1.36. The molecule has 0 saturated carbocycles. The lowest BCUT2D eigenvalue weighted by Gasteiger charge is -2.30. The zero-order valence-corrected chi connectivity index (χ0v) is 10.3. The number of halogens is 8. The Morgan fingerprint density at radius 2 is 1.47 bits per heavy atom. The van der Waals surface area contributed by atoms with Crippen LogP contribution in [0.2, 0.25) is 0 Å². The van der Waals surface area contributed by atoms with E-state index in [1.54, 1.807) is 0 Å². The van der Waals surface area contributed by atoms with Gasteiger partial charge in [-0.1, -0.05) is 22.6 Å². The molecule has 0 spiro atoms. The molecule has 0 aromatic rings. The molecule has 0 fully saturated rings. The number of carbonyl (C=O) groups excluding carboxylic acids is 1. The van der Waals surface area contributed by atoms with Gasteiger partial charge in [-0.3, -0.25) is 4.79 Å². The van der Waals surface area contributed by atoms with Gasteiger partial charge in [0.1, 0.15) is 3.92 Å². The summed E-state index contributed by atoms with van der Waals surface area (Å²) < 4.78 is 87.6. The van der Waals surface area contributed by atoms with E-state index in [-0.39, 0.29) is 0 Å². The minimum Gasteiger partial charge on any atom is -0.468 e. The number of carbonyl (C=O) groups is 1. The third-order valence-electron chi connectivity index (χ3n) is 1.82. The van der Waals surface area contributed by atoms with E-state index in [0.717, 1.165) is 29.7 Å². The number of hydrogen-bond donors (Lipinski definition) is 0. The number of alkyl halides is 8. The van der Waals surface area contributed by atoms with Crippen LogP contribution in [0.5, 0.6) is 0 Å². The summed E-state index contributed by atoms with van der Waals surface area (Å²) in [6.07, 6.45) is -14.4. The largest absolute Gasteiger partial charge is 0.468 e. The summed E-state index contributed by atoms with van der Waals surface area (Å²) in [5.41, 5.74) is -5.43. The molecule has 0 rings (SSSR count). The van der Waals surface area contributed by atoms with Crippen LogP contribution >= 0.6 is 22.6 Å². The van der Waals surface area contributed by atoms with Crippen molar-refractivity contribution in [2.24, 2.45) is 0 Å². The minimum absolute atomic E-state index is 0.773. The van der Waals surface area contributed by atoms with Crippen molar-refractivity contribution in [1.29, 1.82) is 0 Å². The maximum atomic E-state index is 13.1. The van der Waals surface area contributed by atoms with E-state index < -0.39 is 34.3 Å². The van der Waals surface area contributed by atoms with Gasteiger partial charge in [0.25, 0.3) is 0 Å². The van der Waals surface area contributed by atoms with Gasteiger partial charge in [-0.05, 0) is 0 Å². The molecule has 0 amide bonds. The second kappa shape index (κ2) is 5.14. The molecule has 17 heavy (non-hydrogen) atoms. The summed E-state index contributed by atoms with van der Waals surface area (Å²) in [7, 11) is 0.773. The smallest absolute Gasteiger partial charge is 0.431 e. The highest BCUT2D eigenvalue weighted by Gasteiger charge is 2.72. The van der Waals surface area contributed by atoms with Gasteiger partial charge in [0.2, 0.25) is 0 Å². The Morgan fingerprint density at radius 1 is 1.12 bits per heavy atom. The predicted octanol–water partition coefficient (Wildman–Crippen LogP) is 3.19. The van der Waals surface area contributed by atoms with Gasteiger partial charge >= 0.3 is 24.0 Å². The van der Waals surface area contributed by atoms with Crippen molar-refractivity contribution in [3.05, 3.63) is 0 Å². The van der Waals surface area contributed by atoms with E-state index in [1.165, 1.54) is 0 Å². The van der Waals surface area contributed by atoms with Gasteiger partial charge < -0.3 is 4.74 Å². The average Bonchev–Trinajstić information content (AvgIpc) is 2.12. The van der Waals surface area contributed by atoms with Crippen LogP contribution in [-0.2, 0) is 9.53 Å². The van der Waals surface area contributed by atoms with Crippen LogP contribution in [0.15, 0.2) is 0 Å². The lowest BCUT2D eigenvalue weighted by molar-refractivity contribution is -0.342. The van der Waals surface area contributed by atoms with Crippen molar-refractivity contribution < 1.29 is 40.3 Å². The Hall–Kier alpha value is -0.290. The predicted molar refractivity (Wildman–Crippen MR) is 50.4 cm³/mol. The van der Waals surface area contributed by atoms with E-state index >= 15 is 0 Å². The summed E-state index contributed by atoms with van der Waals surface area (Å²) in [6, 6.07) is 0. The molecule has 10 heteroatoms.